The van der Waals surface area contributed by atoms with Crippen LogP contribution in [0.15, 0.2) is 0 Å². The molecule has 1 fully saturated rings. The fraction of sp³-hybridized carbons (Fsp3) is 0.938. The van der Waals surface area contributed by atoms with Crippen molar-refractivity contribution in [3.05, 3.63) is 0 Å². The Morgan fingerprint density at radius 2 is 1.79 bits per heavy atom. The van der Waals surface area contributed by atoms with Crippen LogP contribution >= 0.6 is 0 Å². The molecule has 1 aliphatic carbocycles. The maximum atomic E-state index is 12.3. The summed E-state index contributed by atoms with van der Waals surface area (Å²) in [5.41, 5.74) is 5.45. The number of carbonyl (C=O) groups excluding carboxylic acids is 1. The number of amides is 1. The maximum Gasteiger partial charge on any atom is 0.227 e. The second kappa shape index (κ2) is 7.88. The summed E-state index contributed by atoms with van der Waals surface area (Å²) in [6.45, 7) is 7.72. The van der Waals surface area contributed by atoms with Crippen molar-refractivity contribution in [2.45, 2.75) is 65.7 Å². The van der Waals surface area contributed by atoms with Crippen LogP contribution in [-0.2, 0) is 4.79 Å². The summed E-state index contributed by atoms with van der Waals surface area (Å²) < 4.78 is 0. The second-order valence-electron chi connectivity index (χ2n) is 6.36. The summed E-state index contributed by atoms with van der Waals surface area (Å²) >= 11 is 0. The lowest BCUT2D eigenvalue weighted by Gasteiger charge is -2.30. The number of carbonyl (C=O) groups is 1. The van der Waals surface area contributed by atoms with Crippen LogP contribution in [0.25, 0.3) is 0 Å². The fourth-order valence-electron chi connectivity index (χ4n) is 3.15. The molecule has 0 spiro atoms. The zero-order valence-corrected chi connectivity index (χ0v) is 13.0. The van der Waals surface area contributed by atoms with Gasteiger partial charge in [-0.05, 0) is 31.1 Å². The summed E-state index contributed by atoms with van der Waals surface area (Å²) in [4.78, 5) is 12.3. The van der Waals surface area contributed by atoms with E-state index in [-0.39, 0.29) is 11.3 Å². The highest BCUT2D eigenvalue weighted by Crippen LogP contribution is 2.30. The van der Waals surface area contributed by atoms with E-state index in [0.717, 1.165) is 37.6 Å². The Labute approximate surface area is 118 Å². The third-order valence-electron chi connectivity index (χ3n) is 5.20. The van der Waals surface area contributed by atoms with Crippen molar-refractivity contribution < 1.29 is 4.79 Å². The molecule has 0 saturated heterocycles. The molecule has 0 bridgehead atoms. The van der Waals surface area contributed by atoms with E-state index in [1.54, 1.807) is 0 Å². The average Bonchev–Trinajstić information content (AvgIpc) is 2.44. The van der Waals surface area contributed by atoms with Crippen molar-refractivity contribution in [1.29, 1.82) is 0 Å². The van der Waals surface area contributed by atoms with E-state index in [1.165, 1.54) is 25.7 Å². The van der Waals surface area contributed by atoms with Crippen LogP contribution < -0.4 is 11.1 Å². The van der Waals surface area contributed by atoms with Gasteiger partial charge in [0.05, 0.1) is 5.41 Å². The van der Waals surface area contributed by atoms with Crippen LogP contribution in [0.5, 0.6) is 0 Å². The summed E-state index contributed by atoms with van der Waals surface area (Å²) in [6, 6.07) is 0. The Morgan fingerprint density at radius 3 is 2.26 bits per heavy atom. The molecular weight excluding hydrogens is 236 g/mol. The van der Waals surface area contributed by atoms with Gasteiger partial charge in [0.25, 0.3) is 0 Å². The van der Waals surface area contributed by atoms with Crippen molar-refractivity contribution in [3.63, 3.8) is 0 Å². The average molecular weight is 268 g/mol. The summed E-state index contributed by atoms with van der Waals surface area (Å²) in [5, 5.41) is 3.12. The van der Waals surface area contributed by atoms with Gasteiger partial charge in [-0.15, -0.1) is 0 Å². The number of hydrogen-bond donors (Lipinski definition) is 2. The first kappa shape index (κ1) is 16.5. The topological polar surface area (TPSA) is 55.1 Å². The van der Waals surface area contributed by atoms with E-state index in [1.807, 2.05) is 0 Å². The molecule has 0 heterocycles. The lowest BCUT2D eigenvalue weighted by Crippen LogP contribution is -2.45. The highest BCUT2D eigenvalue weighted by atomic mass is 16.2. The van der Waals surface area contributed by atoms with Gasteiger partial charge in [-0.25, -0.2) is 0 Å². The Bertz CT molecular complexity index is 258. The molecule has 0 unspecified atom stereocenters. The molecule has 0 atom stereocenters. The Morgan fingerprint density at radius 1 is 1.21 bits per heavy atom. The number of rotatable bonds is 7. The molecular formula is C16H32N2O. The van der Waals surface area contributed by atoms with Crippen LogP contribution in [0.3, 0.4) is 0 Å². The zero-order valence-electron chi connectivity index (χ0n) is 13.0. The van der Waals surface area contributed by atoms with Gasteiger partial charge in [-0.3, -0.25) is 4.79 Å². The Hall–Kier alpha value is -0.570. The highest BCUT2D eigenvalue weighted by Gasteiger charge is 2.33. The molecule has 0 aliphatic heterocycles. The van der Waals surface area contributed by atoms with E-state index in [9.17, 15) is 4.79 Å². The molecule has 1 aliphatic rings. The standard InChI is InChI=1S/C16H32N2O/c1-4-16(5-2,12-17)15(19)18-11-10-14-8-6-13(3)7-9-14/h13-14H,4-12,17H2,1-3H3,(H,18,19). The summed E-state index contributed by atoms with van der Waals surface area (Å²) in [5.74, 6) is 1.87. The van der Waals surface area contributed by atoms with Gasteiger partial charge in [-0.1, -0.05) is 46.5 Å². The lowest BCUT2D eigenvalue weighted by atomic mass is 9.80. The normalized spacial score (nSPS) is 24.2. The molecule has 1 rings (SSSR count). The van der Waals surface area contributed by atoms with Gasteiger partial charge >= 0.3 is 0 Å². The molecule has 3 N–H and O–H groups in total. The molecule has 0 aromatic heterocycles. The SMILES string of the molecule is CCC(CC)(CN)C(=O)NCCC1CCC(C)CC1. The van der Waals surface area contributed by atoms with Crippen LogP contribution in [0, 0.1) is 17.3 Å². The third-order valence-corrected chi connectivity index (χ3v) is 5.20. The van der Waals surface area contributed by atoms with Crippen molar-refractivity contribution >= 4 is 5.91 Å². The van der Waals surface area contributed by atoms with Gasteiger partial charge in [0.15, 0.2) is 0 Å². The minimum atomic E-state index is -0.346. The monoisotopic (exact) mass is 268 g/mol. The van der Waals surface area contributed by atoms with Gasteiger partial charge in [0.2, 0.25) is 5.91 Å². The second-order valence-corrected chi connectivity index (χ2v) is 6.36. The van der Waals surface area contributed by atoms with Crippen LogP contribution in [0.2, 0.25) is 0 Å². The van der Waals surface area contributed by atoms with Crippen LogP contribution in [0.1, 0.15) is 65.7 Å². The van der Waals surface area contributed by atoms with Crippen molar-refractivity contribution in [3.8, 4) is 0 Å². The fourth-order valence-corrected chi connectivity index (χ4v) is 3.15. The number of nitrogens with one attached hydrogen (secondary N) is 1. The molecule has 3 nitrogen and oxygen atoms in total. The van der Waals surface area contributed by atoms with E-state index >= 15 is 0 Å². The van der Waals surface area contributed by atoms with Crippen molar-refractivity contribution in [2.24, 2.45) is 23.0 Å². The molecule has 0 radical (unpaired) electrons. The first-order valence-corrected chi connectivity index (χ1v) is 8.06. The van der Waals surface area contributed by atoms with Gasteiger partial charge in [-0.2, -0.15) is 0 Å². The zero-order chi connectivity index (χ0) is 14.3. The smallest absolute Gasteiger partial charge is 0.227 e. The van der Waals surface area contributed by atoms with Gasteiger partial charge < -0.3 is 11.1 Å². The Balaban J connectivity index is 2.30. The van der Waals surface area contributed by atoms with Crippen LogP contribution in [-0.4, -0.2) is 19.0 Å². The predicted molar refractivity (Wildman–Crippen MR) is 80.8 cm³/mol. The Kier molecular flexibility index (Phi) is 6.84. The molecule has 3 heteroatoms. The van der Waals surface area contributed by atoms with Crippen molar-refractivity contribution in [1.82, 2.24) is 5.32 Å². The molecule has 0 aromatic carbocycles. The predicted octanol–water partition coefficient (Wildman–Crippen LogP) is 3.08. The van der Waals surface area contributed by atoms with Crippen molar-refractivity contribution in [2.75, 3.05) is 13.1 Å². The quantitative estimate of drug-likeness (QED) is 0.745. The van der Waals surface area contributed by atoms with E-state index in [2.05, 4.69) is 26.1 Å². The minimum Gasteiger partial charge on any atom is -0.356 e. The molecule has 1 saturated carbocycles. The minimum absolute atomic E-state index is 0.157. The lowest BCUT2D eigenvalue weighted by molar-refractivity contribution is -0.131. The van der Waals surface area contributed by atoms with E-state index < -0.39 is 0 Å². The van der Waals surface area contributed by atoms with Crippen LogP contribution in [0.4, 0.5) is 0 Å². The maximum absolute atomic E-state index is 12.3. The number of nitrogens with two attached hydrogens (primary N) is 1. The molecule has 1 amide bonds. The highest BCUT2D eigenvalue weighted by molar-refractivity contribution is 5.82. The molecule has 19 heavy (non-hydrogen) atoms. The first-order chi connectivity index (χ1) is 9.07. The van der Waals surface area contributed by atoms with E-state index in [0.29, 0.717) is 6.54 Å². The van der Waals surface area contributed by atoms with E-state index in [4.69, 9.17) is 5.73 Å². The largest absolute Gasteiger partial charge is 0.356 e. The van der Waals surface area contributed by atoms with Gasteiger partial charge in [0, 0.05) is 13.1 Å². The summed E-state index contributed by atoms with van der Waals surface area (Å²) in [6.07, 6.45) is 8.16. The van der Waals surface area contributed by atoms with Gasteiger partial charge in [0.1, 0.15) is 0 Å². The number of hydrogen-bond acceptors (Lipinski definition) is 2. The third kappa shape index (κ3) is 4.48. The molecule has 112 valence electrons. The summed E-state index contributed by atoms with van der Waals surface area (Å²) in [7, 11) is 0. The molecule has 0 aromatic rings. The first-order valence-electron chi connectivity index (χ1n) is 8.06.